The molecule has 0 unspecified atom stereocenters. The molecule has 0 aliphatic rings. The van der Waals surface area contributed by atoms with E-state index in [9.17, 15) is 0 Å². The summed E-state index contributed by atoms with van der Waals surface area (Å²) in [6.45, 7) is 1.99. The van der Waals surface area contributed by atoms with Gasteiger partial charge in [-0.15, -0.1) is 16.4 Å². The zero-order valence-electron chi connectivity index (χ0n) is 13.7. The predicted octanol–water partition coefficient (Wildman–Crippen LogP) is 3.71. The first kappa shape index (κ1) is 14.3. The van der Waals surface area contributed by atoms with Crippen LogP contribution < -0.4 is 0 Å². The van der Waals surface area contributed by atoms with Gasteiger partial charge in [-0.25, -0.2) is 9.67 Å². The summed E-state index contributed by atoms with van der Waals surface area (Å²) in [5, 5.41) is 10.3. The molecule has 0 aliphatic heterocycles. The second kappa shape index (κ2) is 5.22. The zero-order chi connectivity index (χ0) is 17.0. The van der Waals surface area contributed by atoms with Crippen LogP contribution in [0.1, 0.15) is 5.69 Å². The van der Waals surface area contributed by atoms with Crippen LogP contribution in [0.15, 0.2) is 48.0 Å². The topological polar surface area (TPSA) is 60.9 Å². The molecule has 0 aliphatic carbocycles. The number of rotatable bonds is 2. The van der Waals surface area contributed by atoms with E-state index in [1.165, 1.54) is 0 Å². The fraction of sp³-hybridized carbons (Fsp3) is 0.111. The van der Waals surface area contributed by atoms with Gasteiger partial charge in [-0.2, -0.15) is 0 Å². The lowest BCUT2D eigenvalue weighted by Gasteiger charge is -2.06. The maximum atomic E-state index is 4.83. The van der Waals surface area contributed by atoms with Gasteiger partial charge < -0.3 is 0 Å². The normalized spacial score (nSPS) is 11.6. The molecule has 0 N–H and O–H groups in total. The smallest absolute Gasteiger partial charge is 0.194 e. The molecule has 4 heterocycles. The summed E-state index contributed by atoms with van der Waals surface area (Å²) in [4.78, 5) is 10.5. The van der Waals surface area contributed by atoms with E-state index in [0.717, 1.165) is 44.3 Å². The summed E-state index contributed by atoms with van der Waals surface area (Å²) in [6.07, 6.45) is 2.05. The van der Waals surface area contributed by atoms with Crippen molar-refractivity contribution < 1.29 is 0 Å². The van der Waals surface area contributed by atoms with Gasteiger partial charge in [0.2, 0.25) is 0 Å². The fourth-order valence-electron chi connectivity index (χ4n) is 3.09. The standard InChI is InChI=1S/C18H14N6S/c1-11-4-3-5-14(19-11)16-17(24-8-9-25-18(24)20-16)12-6-7-13-15(10-12)23(2)22-21-13/h3-10H,1-2H3. The molecule has 0 bridgehead atoms. The predicted molar refractivity (Wildman–Crippen MR) is 98.5 cm³/mol. The van der Waals surface area contributed by atoms with Crippen LogP contribution in [0, 0.1) is 6.92 Å². The van der Waals surface area contributed by atoms with Crippen molar-refractivity contribution in [3.8, 4) is 22.6 Å². The Morgan fingerprint density at radius 1 is 1.08 bits per heavy atom. The van der Waals surface area contributed by atoms with E-state index in [1.54, 1.807) is 16.0 Å². The van der Waals surface area contributed by atoms with Crippen molar-refractivity contribution in [1.82, 2.24) is 29.4 Å². The number of thiazole rings is 1. The third-order valence-corrected chi connectivity index (χ3v) is 5.03. The highest BCUT2D eigenvalue weighted by Gasteiger charge is 2.18. The molecule has 0 amide bonds. The summed E-state index contributed by atoms with van der Waals surface area (Å²) in [6, 6.07) is 12.2. The Morgan fingerprint density at radius 3 is 2.88 bits per heavy atom. The zero-order valence-corrected chi connectivity index (χ0v) is 14.5. The number of nitrogens with zero attached hydrogens (tertiary/aromatic N) is 6. The SMILES string of the molecule is Cc1cccc(-c2nc3sccn3c2-c2ccc3nnn(C)c3c2)n1. The first-order valence-corrected chi connectivity index (χ1v) is 8.78. The maximum absolute atomic E-state index is 4.83. The van der Waals surface area contributed by atoms with E-state index >= 15 is 0 Å². The third-order valence-electron chi connectivity index (χ3n) is 4.28. The molecule has 5 aromatic rings. The van der Waals surface area contributed by atoms with E-state index in [1.807, 2.05) is 49.8 Å². The average Bonchev–Trinajstić information content (AvgIpc) is 3.29. The van der Waals surface area contributed by atoms with Gasteiger partial charge in [0.05, 0.1) is 16.9 Å². The first-order valence-electron chi connectivity index (χ1n) is 7.90. The second-order valence-corrected chi connectivity index (χ2v) is 6.82. The number of aryl methyl sites for hydroxylation is 2. The largest absolute Gasteiger partial charge is 0.290 e. The second-order valence-electron chi connectivity index (χ2n) is 5.95. The number of hydrogen-bond acceptors (Lipinski definition) is 5. The van der Waals surface area contributed by atoms with E-state index < -0.39 is 0 Å². The molecule has 0 saturated heterocycles. The van der Waals surface area contributed by atoms with Crippen LogP contribution in [0.4, 0.5) is 0 Å². The molecule has 0 atom stereocenters. The van der Waals surface area contributed by atoms with Crippen LogP contribution in [-0.4, -0.2) is 29.4 Å². The fourth-order valence-corrected chi connectivity index (χ4v) is 3.81. The Kier molecular flexibility index (Phi) is 2.98. The minimum Gasteiger partial charge on any atom is -0.290 e. The number of hydrogen-bond donors (Lipinski definition) is 0. The molecule has 4 aromatic heterocycles. The molecule has 5 rings (SSSR count). The van der Waals surface area contributed by atoms with Crippen LogP contribution in [0.25, 0.3) is 38.6 Å². The van der Waals surface area contributed by atoms with E-state index in [-0.39, 0.29) is 0 Å². The number of fused-ring (bicyclic) bond motifs is 2. The van der Waals surface area contributed by atoms with Crippen LogP contribution in [-0.2, 0) is 7.05 Å². The molecular formula is C18H14N6S. The molecule has 122 valence electrons. The Hall–Kier alpha value is -3.06. The van der Waals surface area contributed by atoms with Crippen molar-refractivity contribution in [1.29, 1.82) is 0 Å². The summed E-state index contributed by atoms with van der Waals surface area (Å²) in [7, 11) is 1.90. The highest BCUT2D eigenvalue weighted by molar-refractivity contribution is 7.15. The summed E-state index contributed by atoms with van der Waals surface area (Å²) in [5.41, 5.74) is 6.74. The van der Waals surface area contributed by atoms with Crippen molar-refractivity contribution in [2.45, 2.75) is 6.92 Å². The van der Waals surface area contributed by atoms with Crippen LogP contribution in [0.2, 0.25) is 0 Å². The maximum Gasteiger partial charge on any atom is 0.194 e. The average molecular weight is 346 g/mol. The van der Waals surface area contributed by atoms with Gasteiger partial charge in [-0.3, -0.25) is 9.38 Å². The monoisotopic (exact) mass is 346 g/mol. The van der Waals surface area contributed by atoms with Gasteiger partial charge in [-0.1, -0.05) is 17.3 Å². The highest BCUT2D eigenvalue weighted by Crippen LogP contribution is 2.34. The number of aromatic nitrogens is 6. The summed E-state index contributed by atoms with van der Waals surface area (Å²) in [5.74, 6) is 0. The van der Waals surface area contributed by atoms with E-state index in [4.69, 9.17) is 4.98 Å². The van der Waals surface area contributed by atoms with Gasteiger partial charge in [0.1, 0.15) is 11.2 Å². The van der Waals surface area contributed by atoms with Crippen molar-refractivity contribution >= 4 is 27.3 Å². The summed E-state index contributed by atoms with van der Waals surface area (Å²) < 4.78 is 3.91. The lowest BCUT2D eigenvalue weighted by molar-refractivity contribution is 0.736. The van der Waals surface area contributed by atoms with E-state index in [2.05, 4.69) is 31.8 Å². The molecule has 0 fully saturated rings. The van der Waals surface area contributed by atoms with Crippen molar-refractivity contribution in [2.24, 2.45) is 7.05 Å². The molecule has 0 saturated carbocycles. The molecule has 0 radical (unpaired) electrons. The molecule has 0 spiro atoms. The number of imidazole rings is 1. The minimum absolute atomic E-state index is 0.882. The lowest BCUT2D eigenvalue weighted by atomic mass is 10.1. The van der Waals surface area contributed by atoms with Gasteiger partial charge in [0.15, 0.2) is 4.96 Å². The molecule has 6 nitrogen and oxygen atoms in total. The number of pyridine rings is 1. The van der Waals surface area contributed by atoms with Crippen LogP contribution >= 0.6 is 11.3 Å². The van der Waals surface area contributed by atoms with Gasteiger partial charge in [0, 0.05) is 29.9 Å². The Labute approximate surface area is 147 Å². The van der Waals surface area contributed by atoms with E-state index in [0.29, 0.717) is 0 Å². The number of benzene rings is 1. The Balaban J connectivity index is 1.82. The molecular weight excluding hydrogens is 332 g/mol. The minimum atomic E-state index is 0.882. The quantitative estimate of drug-likeness (QED) is 0.489. The van der Waals surface area contributed by atoms with Crippen LogP contribution in [0.3, 0.4) is 0 Å². The Morgan fingerprint density at radius 2 is 2.00 bits per heavy atom. The summed E-state index contributed by atoms with van der Waals surface area (Å²) >= 11 is 1.62. The van der Waals surface area contributed by atoms with Gasteiger partial charge in [0.25, 0.3) is 0 Å². The van der Waals surface area contributed by atoms with Crippen LogP contribution in [0.5, 0.6) is 0 Å². The highest BCUT2D eigenvalue weighted by atomic mass is 32.1. The van der Waals surface area contributed by atoms with Crippen molar-refractivity contribution in [3.63, 3.8) is 0 Å². The molecule has 7 heteroatoms. The first-order chi connectivity index (χ1) is 12.2. The molecule has 25 heavy (non-hydrogen) atoms. The van der Waals surface area contributed by atoms with Gasteiger partial charge in [-0.05, 0) is 31.2 Å². The third kappa shape index (κ3) is 2.16. The lowest BCUT2D eigenvalue weighted by Crippen LogP contribution is -1.93. The van der Waals surface area contributed by atoms with Gasteiger partial charge >= 0.3 is 0 Å². The van der Waals surface area contributed by atoms with Crippen molar-refractivity contribution in [3.05, 3.63) is 53.7 Å². The Bertz CT molecular complexity index is 1230. The van der Waals surface area contributed by atoms with Crippen molar-refractivity contribution in [2.75, 3.05) is 0 Å². The molecule has 1 aromatic carbocycles.